The highest BCUT2D eigenvalue weighted by atomic mass is 35.5. The summed E-state index contributed by atoms with van der Waals surface area (Å²) < 4.78 is 40.5. The maximum atomic E-state index is 12.1. The number of para-hydroxylation sites is 1. The van der Waals surface area contributed by atoms with Crippen molar-refractivity contribution in [1.29, 1.82) is 0 Å². The third-order valence-corrected chi connectivity index (χ3v) is 4.10. The Hall–Kier alpha value is -3.12. The first kappa shape index (κ1) is 22.2. The molecule has 1 heterocycles. The summed E-state index contributed by atoms with van der Waals surface area (Å²) in [4.78, 5) is 31.5. The smallest absolute Gasteiger partial charge is 0.411 e. The van der Waals surface area contributed by atoms with Gasteiger partial charge in [-0.3, -0.25) is 5.32 Å². The largest absolute Gasteiger partial charge is 0.481 e. The molecule has 0 saturated heterocycles. The Kier molecular flexibility index (Phi) is 7.56. The zero-order valence-corrected chi connectivity index (χ0v) is 16.9. The van der Waals surface area contributed by atoms with Gasteiger partial charge in [0.05, 0.1) is 13.7 Å². The van der Waals surface area contributed by atoms with Crippen LogP contribution in [-0.4, -0.2) is 44.1 Å². The third kappa shape index (κ3) is 6.76. The molecule has 2 amide bonds. The molecule has 0 unspecified atom stereocenters. The van der Waals surface area contributed by atoms with Gasteiger partial charge in [0.15, 0.2) is 5.75 Å². The van der Waals surface area contributed by atoms with Gasteiger partial charge in [-0.25, -0.2) is 19.3 Å². The van der Waals surface area contributed by atoms with E-state index < -0.39 is 22.3 Å². The summed E-state index contributed by atoms with van der Waals surface area (Å²) in [5, 5.41) is 2.04. The molecule has 1 aromatic heterocycles. The number of aromatic nitrogens is 2. The predicted octanol–water partition coefficient (Wildman–Crippen LogP) is 2.15. The Morgan fingerprint density at radius 3 is 2.62 bits per heavy atom. The number of benzene rings is 1. The van der Waals surface area contributed by atoms with E-state index >= 15 is 0 Å². The van der Waals surface area contributed by atoms with Crippen molar-refractivity contribution in [3.63, 3.8) is 0 Å². The topological polar surface area (TPSA) is 146 Å². The molecule has 13 heteroatoms. The molecule has 0 aliphatic carbocycles. The molecule has 29 heavy (non-hydrogen) atoms. The number of anilines is 1. The summed E-state index contributed by atoms with van der Waals surface area (Å²) in [7, 11) is -3.32. The number of hydrogen-bond acceptors (Lipinski definition) is 9. The van der Waals surface area contributed by atoms with Crippen LogP contribution in [0.5, 0.6) is 11.6 Å². The van der Waals surface area contributed by atoms with Crippen molar-refractivity contribution in [3.8, 4) is 11.6 Å². The van der Waals surface area contributed by atoms with E-state index in [2.05, 4.69) is 15.3 Å². The summed E-state index contributed by atoms with van der Waals surface area (Å²) in [5.41, 5.74) is -0.116. The standard InChI is InChI=1S/C16H17ClN4O7S/c1-3-8-27-14(22)10-6-4-5-7-11(10)28-29(24,25)21-16(23)20-15-18-12(17)9-13(19-15)26-2/h4-7,9H,3,8H2,1-2H3,(H2,18,19,20,21,23). The fourth-order valence-corrected chi connectivity index (χ4v) is 2.79. The number of esters is 1. The van der Waals surface area contributed by atoms with Gasteiger partial charge >= 0.3 is 22.3 Å². The van der Waals surface area contributed by atoms with Gasteiger partial charge in [0.25, 0.3) is 0 Å². The first-order chi connectivity index (χ1) is 13.7. The number of amides is 2. The highest BCUT2D eigenvalue weighted by Gasteiger charge is 2.22. The van der Waals surface area contributed by atoms with E-state index in [1.807, 2.05) is 6.92 Å². The lowest BCUT2D eigenvalue weighted by Gasteiger charge is -2.12. The van der Waals surface area contributed by atoms with Crippen LogP contribution in [0.15, 0.2) is 30.3 Å². The van der Waals surface area contributed by atoms with Gasteiger partial charge in [-0.15, -0.1) is 0 Å². The van der Waals surface area contributed by atoms with E-state index in [9.17, 15) is 18.0 Å². The maximum absolute atomic E-state index is 12.1. The molecular weight excluding hydrogens is 428 g/mol. The Labute approximate surface area is 171 Å². The number of nitrogens with zero attached hydrogens (tertiary/aromatic N) is 2. The van der Waals surface area contributed by atoms with E-state index in [0.717, 1.165) is 0 Å². The van der Waals surface area contributed by atoms with Crippen LogP contribution in [0.2, 0.25) is 5.15 Å². The number of nitrogens with one attached hydrogen (secondary N) is 2. The van der Waals surface area contributed by atoms with Crippen molar-refractivity contribution in [1.82, 2.24) is 14.7 Å². The quantitative estimate of drug-likeness (QED) is 0.461. The Morgan fingerprint density at radius 1 is 1.21 bits per heavy atom. The molecule has 2 aromatic rings. The minimum Gasteiger partial charge on any atom is -0.481 e. The molecule has 1 aromatic carbocycles. The van der Waals surface area contributed by atoms with Gasteiger partial charge in [-0.2, -0.15) is 13.4 Å². The highest BCUT2D eigenvalue weighted by molar-refractivity contribution is 7.85. The van der Waals surface area contributed by atoms with Gasteiger partial charge < -0.3 is 13.7 Å². The van der Waals surface area contributed by atoms with Crippen LogP contribution < -0.4 is 19.0 Å². The minimum atomic E-state index is -4.65. The number of ether oxygens (including phenoxy) is 2. The number of halogens is 1. The molecule has 0 spiro atoms. The summed E-state index contributed by atoms with van der Waals surface area (Å²) in [5.74, 6) is -1.32. The van der Waals surface area contributed by atoms with E-state index in [0.29, 0.717) is 6.42 Å². The maximum Gasteiger partial charge on any atom is 0.411 e. The number of carbonyl (C=O) groups excluding carboxylic acids is 2. The Morgan fingerprint density at radius 2 is 1.93 bits per heavy atom. The van der Waals surface area contributed by atoms with Crippen molar-refractivity contribution in [3.05, 3.63) is 41.0 Å². The van der Waals surface area contributed by atoms with Crippen LogP contribution in [0.4, 0.5) is 10.7 Å². The molecule has 0 saturated carbocycles. The zero-order chi connectivity index (χ0) is 21.4. The Balaban J connectivity index is 2.10. The van der Waals surface area contributed by atoms with Crippen LogP contribution >= 0.6 is 11.6 Å². The molecule has 0 atom stereocenters. The fraction of sp³-hybridized carbons (Fsp3) is 0.250. The fourth-order valence-electron chi connectivity index (χ4n) is 1.92. The zero-order valence-electron chi connectivity index (χ0n) is 15.3. The van der Waals surface area contributed by atoms with Crippen molar-refractivity contribution in [2.75, 3.05) is 19.0 Å². The molecule has 2 N–H and O–H groups in total. The van der Waals surface area contributed by atoms with Crippen LogP contribution in [-0.2, 0) is 15.0 Å². The van der Waals surface area contributed by atoms with Gasteiger partial charge in [0, 0.05) is 6.07 Å². The number of rotatable bonds is 8. The van der Waals surface area contributed by atoms with Gasteiger partial charge in [-0.05, 0) is 18.6 Å². The van der Waals surface area contributed by atoms with Crippen molar-refractivity contribution >= 4 is 39.9 Å². The van der Waals surface area contributed by atoms with Crippen LogP contribution in [0.25, 0.3) is 0 Å². The lowest BCUT2D eigenvalue weighted by Crippen LogP contribution is -2.37. The monoisotopic (exact) mass is 444 g/mol. The first-order valence-corrected chi connectivity index (χ1v) is 9.90. The van der Waals surface area contributed by atoms with E-state index in [1.54, 1.807) is 4.72 Å². The molecule has 156 valence electrons. The third-order valence-electron chi connectivity index (χ3n) is 3.07. The average Bonchev–Trinajstić information content (AvgIpc) is 2.65. The first-order valence-electron chi connectivity index (χ1n) is 8.12. The molecule has 0 bridgehead atoms. The number of methoxy groups -OCH3 is 1. The molecule has 11 nitrogen and oxygen atoms in total. The summed E-state index contributed by atoms with van der Waals surface area (Å²) in [6, 6.07) is 5.60. The molecular formula is C16H17ClN4O7S. The lowest BCUT2D eigenvalue weighted by molar-refractivity contribution is 0.0503. The Bertz CT molecular complexity index is 1000. The van der Waals surface area contributed by atoms with Crippen molar-refractivity contribution < 1.29 is 31.7 Å². The van der Waals surface area contributed by atoms with Gasteiger partial charge in [0.1, 0.15) is 10.7 Å². The predicted molar refractivity (Wildman–Crippen MR) is 102 cm³/mol. The normalized spacial score (nSPS) is 10.7. The number of urea groups is 1. The van der Waals surface area contributed by atoms with Crippen LogP contribution in [0.3, 0.4) is 0 Å². The van der Waals surface area contributed by atoms with Crippen molar-refractivity contribution in [2.24, 2.45) is 0 Å². The van der Waals surface area contributed by atoms with Crippen molar-refractivity contribution in [2.45, 2.75) is 13.3 Å². The molecule has 2 rings (SSSR count). The van der Waals surface area contributed by atoms with E-state index in [4.69, 9.17) is 25.3 Å². The summed E-state index contributed by atoms with van der Waals surface area (Å²) in [6.45, 7) is 1.96. The summed E-state index contributed by atoms with van der Waals surface area (Å²) >= 11 is 5.75. The minimum absolute atomic E-state index is 0.0363. The molecule has 0 radical (unpaired) electrons. The second-order valence-electron chi connectivity index (χ2n) is 5.28. The summed E-state index contributed by atoms with van der Waals surface area (Å²) in [6.07, 6.45) is 0.588. The van der Waals surface area contributed by atoms with Crippen LogP contribution in [0.1, 0.15) is 23.7 Å². The SMILES string of the molecule is CCCOC(=O)c1ccccc1OS(=O)(=O)NC(=O)Nc1nc(Cl)cc(OC)n1. The highest BCUT2D eigenvalue weighted by Crippen LogP contribution is 2.21. The van der Waals surface area contributed by atoms with E-state index in [1.165, 1.54) is 37.4 Å². The van der Waals surface area contributed by atoms with Crippen LogP contribution in [0, 0.1) is 0 Å². The molecule has 0 fully saturated rings. The average molecular weight is 445 g/mol. The van der Waals surface area contributed by atoms with Gasteiger partial charge in [0.2, 0.25) is 11.8 Å². The number of carbonyl (C=O) groups is 2. The second kappa shape index (κ2) is 9.89. The molecule has 0 aliphatic rings. The van der Waals surface area contributed by atoms with Gasteiger partial charge in [-0.1, -0.05) is 30.7 Å². The second-order valence-corrected chi connectivity index (χ2v) is 6.95. The van der Waals surface area contributed by atoms with E-state index in [-0.39, 0.29) is 34.9 Å². The molecule has 0 aliphatic heterocycles. The number of hydrogen-bond donors (Lipinski definition) is 2. The lowest BCUT2D eigenvalue weighted by atomic mass is 10.2.